The molecule has 1 aliphatic heterocycles. The van der Waals surface area contributed by atoms with Crippen molar-refractivity contribution < 1.29 is 13.9 Å². The van der Waals surface area contributed by atoms with Crippen molar-refractivity contribution in [3.8, 4) is 5.75 Å². The Kier molecular flexibility index (Phi) is 6.31. The summed E-state index contributed by atoms with van der Waals surface area (Å²) in [5.74, 6) is 0.546. The lowest BCUT2D eigenvalue weighted by atomic mass is 9.85. The van der Waals surface area contributed by atoms with Gasteiger partial charge in [0.25, 0.3) is 0 Å². The summed E-state index contributed by atoms with van der Waals surface area (Å²) in [4.78, 5) is 19.1. The molecule has 2 atom stereocenters. The molecular formula is C24H25FN4O2. The smallest absolute Gasteiger partial charge is 0.319 e. The lowest BCUT2D eigenvalue weighted by Crippen LogP contribution is -2.50. The maximum Gasteiger partial charge on any atom is 0.319 e. The van der Waals surface area contributed by atoms with Crippen LogP contribution in [-0.2, 0) is 0 Å². The maximum absolute atomic E-state index is 13.1. The number of hydrogen-bond donors (Lipinski definition) is 2. The number of methoxy groups -OCH3 is 1. The Morgan fingerprint density at radius 3 is 2.45 bits per heavy atom. The molecule has 0 radical (unpaired) electrons. The van der Waals surface area contributed by atoms with Crippen molar-refractivity contribution in [3.05, 3.63) is 84.4 Å². The zero-order valence-corrected chi connectivity index (χ0v) is 17.3. The minimum Gasteiger partial charge on any atom is -0.497 e. The first kappa shape index (κ1) is 20.7. The molecule has 1 fully saturated rings. The highest BCUT2D eigenvalue weighted by atomic mass is 19.1. The molecule has 31 heavy (non-hydrogen) atoms. The first-order valence-electron chi connectivity index (χ1n) is 10.2. The van der Waals surface area contributed by atoms with Gasteiger partial charge in [0.05, 0.1) is 7.11 Å². The number of hydrogen-bond acceptors (Lipinski definition) is 4. The molecule has 2 N–H and O–H groups in total. The SMILES string of the molecule is COc1ccc(C2CN(c3ccncc3)CCC2NC(=O)Nc2ccc(F)cc2)cc1. The molecule has 0 bridgehead atoms. The van der Waals surface area contributed by atoms with E-state index < -0.39 is 0 Å². The summed E-state index contributed by atoms with van der Waals surface area (Å²) in [6.07, 6.45) is 4.37. The Bertz CT molecular complexity index is 996. The minimum absolute atomic E-state index is 0.0491. The molecule has 1 aromatic heterocycles. The van der Waals surface area contributed by atoms with Crippen molar-refractivity contribution in [2.24, 2.45) is 0 Å². The molecule has 2 aromatic carbocycles. The Morgan fingerprint density at radius 1 is 1.06 bits per heavy atom. The van der Waals surface area contributed by atoms with E-state index in [9.17, 15) is 9.18 Å². The largest absolute Gasteiger partial charge is 0.497 e. The topological polar surface area (TPSA) is 66.5 Å². The number of urea groups is 1. The van der Waals surface area contributed by atoms with E-state index in [-0.39, 0.29) is 23.8 Å². The third-order valence-corrected chi connectivity index (χ3v) is 5.60. The fraction of sp³-hybridized carbons (Fsp3) is 0.250. The van der Waals surface area contributed by atoms with Crippen LogP contribution in [0.25, 0.3) is 0 Å². The summed E-state index contributed by atoms with van der Waals surface area (Å²) < 4.78 is 18.4. The van der Waals surface area contributed by atoms with Gasteiger partial charge in [-0.1, -0.05) is 12.1 Å². The van der Waals surface area contributed by atoms with Crippen LogP contribution in [0.5, 0.6) is 5.75 Å². The van der Waals surface area contributed by atoms with E-state index in [1.54, 1.807) is 31.6 Å². The van der Waals surface area contributed by atoms with Gasteiger partial charge >= 0.3 is 6.03 Å². The highest BCUT2D eigenvalue weighted by Crippen LogP contribution is 2.31. The highest BCUT2D eigenvalue weighted by Gasteiger charge is 2.32. The van der Waals surface area contributed by atoms with E-state index in [1.165, 1.54) is 12.1 Å². The number of amides is 2. The third kappa shape index (κ3) is 5.12. The van der Waals surface area contributed by atoms with Crippen LogP contribution in [0.1, 0.15) is 17.9 Å². The van der Waals surface area contributed by atoms with Gasteiger partial charge in [-0.25, -0.2) is 9.18 Å². The number of piperidine rings is 1. The van der Waals surface area contributed by atoms with E-state index in [0.29, 0.717) is 5.69 Å². The summed E-state index contributed by atoms with van der Waals surface area (Å²) in [5.41, 5.74) is 2.79. The average molecular weight is 420 g/mol. The van der Waals surface area contributed by atoms with Crippen molar-refractivity contribution in [2.45, 2.75) is 18.4 Å². The van der Waals surface area contributed by atoms with E-state index in [4.69, 9.17) is 4.74 Å². The van der Waals surface area contributed by atoms with E-state index in [2.05, 4.69) is 20.5 Å². The summed E-state index contributed by atoms with van der Waals surface area (Å²) >= 11 is 0. The van der Waals surface area contributed by atoms with Crippen molar-refractivity contribution in [3.63, 3.8) is 0 Å². The van der Waals surface area contributed by atoms with E-state index >= 15 is 0 Å². The van der Waals surface area contributed by atoms with Gasteiger partial charge in [-0.2, -0.15) is 0 Å². The number of nitrogens with zero attached hydrogens (tertiary/aromatic N) is 2. The van der Waals surface area contributed by atoms with Crippen molar-refractivity contribution in [2.75, 3.05) is 30.4 Å². The van der Waals surface area contributed by atoms with Crippen LogP contribution in [-0.4, -0.2) is 37.3 Å². The Balaban J connectivity index is 1.51. The van der Waals surface area contributed by atoms with Gasteiger partial charge in [-0.15, -0.1) is 0 Å². The van der Waals surface area contributed by atoms with Gasteiger partial charge in [0.15, 0.2) is 0 Å². The number of ether oxygens (including phenoxy) is 1. The number of rotatable bonds is 5. The monoisotopic (exact) mass is 420 g/mol. The van der Waals surface area contributed by atoms with Crippen molar-refractivity contribution in [1.29, 1.82) is 0 Å². The zero-order chi connectivity index (χ0) is 21.6. The third-order valence-electron chi connectivity index (χ3n) is 5.60. The molecule has 2 amide bonds. The molecule has 1 aliphatic rings. The van der Waals surface area contributed by atoms with Crippen molar-refractivity contribution >= 4 is 17.4 Å². The second-order valence-electron chi connectivity index (χ2n) is 7.53. The summed E-state index contributed by atoms with van der Waals surface area (Å²) in [7, 11) is 1.64. The number of carbonyl (C=O) groups is 1. The Morgan fingerprint density at radius 2 is 1.77 bits per heavy atom. The van der Waals surface area contributed by atoms with Crippen LogP contribution in [0, 0.1) is 5.82 Å². The molecule has 0 saturated carbocycles. The number of benzene rings is 2. The van der Waals surface area contributed by atoms with Crippen LogP contribution in [0.3, 0.4) is 0 Å². The first-order chi connectivity index (χ1) is 15.1. The summed E-state index contributed by atoms with van der Waals surface area (Å²) in [6.45, 7) is 1.58. The quantitative estimate of drug-likeness (QED) is 0.642. The number of carbonyl (C=O) groups excluding carboxylic acids is 1. The van der Waals surface area contributed by atoms with Crippen LogP contribution in [0.15, 0.2) is 73.1 Å². The zero-order valence-electron chi connectivity index (χ0n) is 17.3. The highest BCUT2D eigenvalue weighted by molar-refractivity contribution is 5.89. The van der Waals surface area contributed by atoms with Gasteiger partial charge in [-0.05, 0) is 60.5 Å². The number of anilines is 2. The normalized spacial score (nSPS) is 18.3. The molecule has 6 nitrogen and oxygen atoms in total. The summed E-state index contributed by atoms with van der Waals surface area (Å²) in [5, 5.41) is 5.91. The van der Waals surface area contributed by atoms with Crippen molar-refractivity contribution in [1.82, 2.24) is 10.3 Å². The standard InChI is InChI=1S/C24H25FN4O2/c1-31-21-8-2-17(3-9-21)22-16-29(20-10-13-26-14-11-20)15-12-23(22)28-24(30)27-19-6-4-18(25)5-7-19/h2-11,13-14,22-23H,12,15-16H2,1H3,(H2,27,28,30). The van der Waals surface area contributed by atoms with Crippen LogP contribution >= 0.6 is 0 Å². The van der Waals surface area contributed by atoms with Gasteiger partial charge < -0.3 is 20.3 Å². The fourth-order valence-electron chi connectivity index (χ4n) is 3.97. The summed E-state index contributed by atoms with van der Waals surface area (Å²) in [6, 6.07) is 17.4. The molecule has 4 rings (SSSR count). The molecule has 7 heteroatoms. The van der Waals surface area contributed by atoms with E-state index in [0.717, 1.165) is 36.5 Å². The number of halogens is 1. The molecule has 1 saturated heterocycles. The first-order valence-corrected chi connectivity index (χ1v) is 10.2. The van der Waals surface area contributed by atoms with Gasteiger partial charge in [0, 0.05) is 48.8 Å². The molecule has 2 unspecified atom stereocenters. The number of nitrogens with one attached hydrogen (secondary N) is 2. The fourth-order valence-corrected chi connectivity index (χ4v) is 3.97. The molecule has 0 aliphatic carbocycles. The molecular weight excluding hydrogens is 395 g/mol. The Hall–Kier alpha value is -3.61. The second kappa shape index (κ2) is 9.47. The predicted octanol–water partition coefficient (Wildman–Crippen LogP) is 4.41. The molecule has 2 heterocycles. The van der Waals surface area contributed by atoms with Gasteiger partial charge in [0.1, 0.15) is 11.6 Å². The number of pyridine rings is 1. The number of aromatic nitrogens is 1. The molecule has 0 spiro atoms. The lowest BCUT2D eigenvalue weighted by molar-refractivity contribution is 0.243. The minimum atomic E-state index is -0.339. The van der Waals surface area contributed by atoms with Gasteiger partial charge in [0.2, 0.25) is 0 Å². The van der Waals surface area contributed by atoms with Crippen LogP contribution < -0.4 is 20.3 Å². The van der Waals surface area contributed by atoms with E-state index in [1.807, 2.05) is 36.4 Å². The van der Waals surface area contributed by atoms with Crippen LogP contribution in [0.2, 0.25) is 0 Å². The Labute approximate surface area is 181 Å². The van der Waals surface area contributed by atoms with Gasteiger partial charge in [-0.3, -0.25) is 4.98 Å². The average Bonchev–Trinajstić information content (AvgIpc) is 2.81. The molecule has 3 aromatic rings. The predicted molar refractivity (Wildman–Crippen MR) is 119 cm³/mol. The lowest BCUT2D eigenvalue weighted by Gasteiger charge is -2.40. The maximum atomic E-state index is 13.1. The molecule has 160 valence electrons. The second-order valence-corrected chi connectivity index (χ2v) is 7.53. The van der Waals surface area contributed by atoms with Crippen LogP contribution in [0.4, 0.5) is 20.6 Å².